The van der Waals surface area contributed by atoms with Gasteiger partial charge in [0.15, 0.2) is 17.2 Å². The highest BCUT2D eigenvalue weighted by Crippen LogP contribution is 2.55. The lowest BCUT2D eigenvalue weighted by atomic mass is 9.59. The molecule has 17 nitrogen and oxygen atoms in total. The summed E-state index contributed by atoms with van der Waals surface area (Å²) >= 11 is 0. The topological polar surface area (TPSA) is 205 Å². The molecule has 0 radical (unpaired) electrons. The highest BCUT2D eigenvalue weighted by Gasteiger charge is 2.50. The Kier molecular flexibility index (Phi) is 13.7. The number of hydrogen-bond acceptors (Lipinski definition) is 14. The van der Waals surface area contributed by atoms with Crippen LogP contribution in [-0.2, 0) is 10.0 Å². The number of likely N-dealkylation sites (tertiary alicyclic amines) is 2. The van der Waals surface area contributed by atoms with Gasteiger partial charge in [0.2, 0.25) is 0 Å². The van der Waals surface area contributed by atoms with Gasteiger partial charge < -0.3 is 39.4 Å². The molecule has 4 N–H and O–H groups in total. The molecule has 3 aromatic carbocycles. The molecule has 2 aliphatic carbocycles. The molecule has 5 aromatic rings. The number of anilines is 2. The number of pyridine rings is 1. The van der Waals surface area contributed by atoms with Gasteiger partial charge in [0.05, 0.1) is 32.4 Å². The van der Waals surface area contributed by atoms with Gasteiger partial charge in [0.1, 0.15) is 29.9 Å². The molecule has 0 unspecified atom stereocenters. The van der Waals surface area contributed by atoms with Crippen molar-refractivity contribution in [2.24, 2.45) is 11.3 Å². The third kappa shape index (κ3) is 10.4. The molecular formula is C56H69FN8O9S. The van der Waals surface area contributed by atoms with E-state index in [0.29, 0.717) is 56.5 Å². The first-order chi connectivity index (χ1) is 35.9. The molecule has 400 valence electrons. The van der Waals surface area contributed by atoms with E-state index in [1.807, 2.05) is 7.05 Å². The van der Waals surface area contributed by atoms with E-state index in [4.69, 9.17) is 14.2 Å². The minimum absolute atomic E-state index is 0.0181. The quantitative estimate of drug-likeness (QED) is 0.0640. The summed E-state index contributed by atoms with van der Waals surface area (Å²) < 4.78 is 65.0. The van der Waals surface area contributed by atoms with Crippen molar-refractivity contribution in [1.82, 2.24) is 24.5 Å². The second kappa shape index (κ2) is 20.2. The molecule has 1 spiro atoms. The van der Waals surface area contributed by atoms with Gasteiger partial charge in [-0.2, -0.15) is 4.98 Å². The lowest BCUT2D eigenvalue weighted by Gasteiger charge is -2.56. The summed E-state index contributed by atoms with van der Waals surface area (Å²) in [5.74, 6) is -1.01. The summed E-state index contributed by atoms with van der Waals surface area (Å²) in [6.45, 7) is 10.7. The number of nitrogens with zero attached hydrogens (tertiary/aromatic N) is 5. The molecule has 2 aromatic heterocycles. The lowest BCUT2D eigenvalue weighted by Crippen LogP contribution is -2.54. The van der Waals surface area contributed by atoms with Crippen molar-refractivity contribution in [2.75, 3.05) is 56.6 Å². The third-order valence-electron chi connectivity index (χ3n) is 17.4. The van der Waals surface area contributed by atoms with E-state index in [1.165, 1.54) is 48.4 Å². The van der Waals surface area contributed by atoms with Crippen molar-refractivity contribution < 1.29 is 41.8 Å². The number of rotatable bonds is 13. The standard InChI is InChI=1S/C56H69FN8O9S/c1-34(2)40-8-5-6-9-41(40)46-10-7-21-64(46)37-30-56(31-37)19-24-63(25-20-56)36-11-12-42(48(26-36)74-50-29-43-44(57)32-58-52(43)60-54(50)73-38-15-22-62(4)23-16-38)53(66)61-75(70,71)39-27-47(65(68)69)51-49(28-39)72-33-45(59-51)35-13-17-55(3,67)18-14-35/h5-6,8-9,11-12,26-29,32,34-35,37-38,45-46,59,67H,7,10,13-25,30-31,33H2,1-4H3,(H,58,60)(H,61,66)/t35?,45-,46+,55?/m1/s1. The summed E-state index contributed by atoms with van der Waals surface area (Å²) in [6, 6.07) is 18.2. The smallest absolute Gasteiger partial charge is 0.297 e. The maximum absolute atomic E-state index is 15.2. The molecule has 3 saturated heterocycles. The number of piperidine rings is 2. The second-order valence-electron chi connectivity index (χ2n) is 22.9. The number of amides is 1. The number of fused-ring (bicyclic) bond motifs is 2. The van der Waals surface area contributed by atoms with Crippen LogP contribution in [0.25, 0.3) is 11.0 Å². The van der Waals surface area contributed by atoms with Crippen LogP contribution in [0.15, 0.2) is 71.8 Å². The van der Waals surface area contributed by atoms with Crippen molar-refractivity contribution in [1.29, 1.82) is 0 Å². The van der Waals surface area contributed by atoms with E-state index in [9.17, 15) is 28.4 Å². The molecule has 0 bridgehead atoms. The maximum Gasteiger partial charge on any atom is 0.297 e. The Bertz CT molecular complexity index is 3080. The average molecular weight is 1050 g/mol. The van der Waals surface area contributed by atoms with Crippen LogP contribution in [-0.4, -0.2) is 114 Å². The first-order valence-corrected chi connectivity index (χ1v) is 28.4. The van der Waals surface area contributed by atoms with Gasteiger partial charge in [-0.15, -0.1) is 0 Å². The first kappa shape index (κ1) is 51.1. The van der Waals surface area contributed by atoms with Crippen molar-refractivity contribution in [3.8, 4) is 23.1 Å². The Hall–Kier alpha value is -6.02. The van der Waals surface area contributed by atoms with Crippen LogP contribution in [0.2, 0.25) is 0 Å². The lowest BCUT2D eigenvalue weighted by molar-refractivity contribution is -0.384. The van der Waals surface area contributed by atoms with E-state index in [2.05, 4.69) is 72.8 Å². The van der Waals surface area contributed by atoms with Gasteiger partial charge in [-0.25, -0.2) is 17.5 Å². The zero-order chi connectivity index (χ0) is 52.4. The number of benzene rings is 3. The van der Waals surface area contributed by atoms with Crippen molar-refractivity contribution in [3.63, 3.8) is 0 Å². The number of aromatic nitrogens is 2. The number of carbonyl (C=O) groups is 1. The summed E-state index contributed by atoms with van der Waals surface area (Å²) in [5, 5.41) is 26.4. The molecule has 11 rings (SSSR count). The number of nitro groups is 1. The summed E-state index contributed by atoms with van der Waals surface area (Å²) in [6.07, 6.45) is 11.6. The van der Waals surface area contributed by atoms with E-state index in [1.54, 1.807) is 19.1 Å². The minimum Gasteiger partial charge on any atom is -0.489 e. The van der Waals surface area contributed by atoms with Gasteiger partial charge in [0.25, 0.3) is 27.5 Å². The number of carbonyl (C=O) groups excluding carboxylic acids is 1. The van der Waals surface area contributed by atoms with Crippen LogP contribution >= 0.6 is 0 Å². The number of hydrogen-bond donors (Lipinski definition) is 4. The van der Waals surface area contributed by atoms with Crippen molar-refractivity contribution in [2.45, 2.75) is 138 Å². The van der Waals surface area contributed by atoms with Gasteiger partial charge in [-0.3, -0.25) is 19.8 Å². The van der Waals surface area contributed by atoms with E-state index in [-0.39, 0.29) is 75.5 Å². The largest absolute Gasteiger partial charge is 0.489 e. The van der Waals surface area contributed by atoms with Gasteiger partial charge in [-0.1, -0.05) is 38.1 Å². The SMILES string of the molecule is CC(C)c1ccccc1[C@@H]1CCCN1C1CC2(CCN(c3ccc(C(=O)NS(=O)(=O)c4cc5c(c([N+](=O)[O-])c4)N[C@@H](C4CCC(C)(O)CC4)CO5)c(Oc4cc5c(F)c[nH]c5nc4OC4CCN(C)CC4)c3)CC2)C1. The molecule has 2 atom stereocenters. The second-order valence-corrected chi connectivity index (χ2v) is 24.5. The van der Waals surface area contributed by atoms with Crippen LogP contribution in [0, 0.1) is 27.3 Å². The molecule has 1 amide bonds. The zero-order valence-electron chi connectivity index (χ0n) is 43.3. The monoisotopic (exact) mass is 1050 g/mol. The molecule has 2 saturated carbocycles. The number of aliphatic hydroxyl groups is 1. The molecule has 5 fully saturated rings. The number of sulfonamides is 1. The predicted octanol–water partition coefficient (Wildman–Crippen LogP) is 9.82. The van der Waals surface area contributed by atoms with Crippen molar-refractivity contribution >= 4 is 44.0 Å². The predicted molar refractivity (Wildman–Crippen MR) is 283 cm³/mol. The molecule has 6 heterocycles. The molecule has 19 heteroatoms. The van der Waals surface area contributed by atoms with Gasteiger partial charge in [-0.05, 0) is 138 Å². The fraction of sp³-hybridized carbons (Fsp3) is 0.536. The maximum atomic E-state index is 15.2. The Morgan fingerprint density at radius 3 is 2.45 bits per heavy atom. The summed E-state index contributed by atoms with van der Waals surface area (Å²) in [7, 11) is -2.73. The minimum atomic E-state index is -4.77. The molecule has 4 aliphatic heterocycles. The van der Waals surface area contributed by atoms with Crippen LogP contribution in [0.1, 0.15) is 131 Å². The Morgan fingerprint density at radius 2 is 1.72 bits per heavy atom. The summed E-state index contributed by atoms with van der Waals surface area (Å²) in [4.78, 5) is 40.5. The van der Waals surface area contributed by atoms with Crippen LogP contribution < -0.4 is 29.1 Å². The fourth-order valence-corrected chi connectivity index (χ4v) is 13.9. The Labute approximate surface area is 437 Å². The third-order valence-corrected chi connectivity index (χ3v) is 18.7. The number of ether oxygens (including phenoxy) is 3. The number of H-pyrrole nitrogens is 1. The Morgan fingerprint density at radius 1 is 0.973 bits per heavy atom. The van der Waals surface area contributed by atoms with Crippen LogP contribution in [0.3, 0.4) is 0 Å². The van der Waals surface area contributed by atoms with Gasteiger partial charge in [0, 0.05) is 74.4 Å². The van der Waals surface area contributed by atoms with Crippen molar-refractivity contribution in [3.05, 3.63) is 99.5 Å². The summed E-state index contributed by atoms with van der Waals surface area (Å²) in [5.41, 5.74) is 2.75. The van der Waals surface area contributed by atoms with E-state index in [0.717, 1.165) is 70.2 Å². The number of aromatic amines is 1. The highest BCUT2D eigenvalue weighted by atomic mass is 32.2. The van der Waals surface area contributed by atoms with Gasteiger partial charge >= 0.3 is 0 Å². The Balaban J connectivity index is 0.856. The number of nitrogens with one attached hydrogen (secondary N) is 3. The molecule has 6 aliphatic rings. The average Bonchev–Trinajstić information content (AvgIpc) is 4.02. The molecular weight excluding hydrogens is 980 g/mol. The highest BCUT2D eigenvalue weighted by molar-refractivity contribution is 7.90. The van der Waals surface area contributed by atoms with Crippen LogP contribution in [0.5, 0.6) is 23.1 Å². The number of nitro benzene ring substituents is 1. The number of halogens is 1. The molecule has 75 heavy (non-hydrogen) atoms. The zero-order valence-corrected chi connectivity index (χ0v) is 44.1. The van der Waals surface area contributed by atoms with E-state index >= 15 is 4.39 Å². The van der Waals surface area contributed by atoms with E-state index < -0.39 is 42.9 Å². The first-order valence-electron chi connectivity index (χ1n) is 26.9. The van der Waals surface area contributed by atoms with Crippen LogP contribution in [0.4, 0.5) is 21.5 Å². The normalized spacial score (nSPS) is 24.6. The fourth-order valence-electron chi connectivity index (χ4n) is 12.9.